The SMILES string of the molecule is O=C(O)CCNC(=O)c1cc2cc(F)ccc2oc1=O. The van der Waals surface area contributed by atoms with Gasteiger partial charge in [-0.25, -0.2) is 9.18 Å². The zero-order chi connectivity index (χ0) is 14.7. The predicted octanol–water partition coefficient (Wildman–Crippen LogP) is 1.14. The van der Waals surface area contributed by atoms with E-state index in [1.54, 1.807) is 0 Å². The summed E-state index contributed by atoms with van der Waals surface area (Å²) in [6, 6.07) is 4.77. The number of carbonyl (C=O) groups is 2. The Hall–Kier alpha value is -2.70. The van der Waals surface area contributed by atoms with Gasteiger partial charge in [0, 0.05) is 11.9 Å². The van der Waals surface area contributed by atoms with Gasteiger partial charge in [0.15, 0.2) is 0 Å². The van der Waals surface area contributed by atoms with Crippen LogP contribution >= 0.6 is 0 Å². The number of carboxylic acid groups (broad SMARTS) is 1. The van der Waals surface area contributed by atoms with E-state index in [2.05, 4.69) is 5.32 Å². The first-order chi connectivity index (χ1) is 9.47. The fourth-order valence-corrected chi connectivity index (χ4v) is 1.63. The van der Waals surface area contributed by atoms with Crippen LogP contribution in [0.2, 0.25) is 0 Å². The standard InChI is InChI=1S/C13H10FNO5/c14-8-1-2-10-7(5-8)6-9(13(19)20-10)12(18)15-4-3-11(16)17/h1-2,5-6H,3-4H2,(H,15,18)(H,16,17). The summed E-state index contributed by atoms with van der Waals surface area (Å²) in [5, 5.41) is 11.0. The van der Waals surface area contributed by atoms with Crippen molar-refractivity contribution in [1.82, 2.24) is 5.32 Å². The predicted molar refractivity (Wildman–Crippen MR) is 67.0 cm³/mol. The van der Waals surface area contributed by atoms with Crippen LogP contribution in [0.25, 0.3) is 11.0 Å². The van der Waals surface area contributed by atoms with Crippen LogP contribution in [0.15, 0.2) is 33.5 Å². The van der Waals surface area contributed by atoms with Gasteiger partial charge in [0.25, 0.3) is 5.91 Å². The smallest absolute Gasteiger partial charge is 0.349 e. The highest BCUT2D eigenvalue weighted by atomic mass is 19.1. The molecule has 2 N–H and O–H groups in total. The highest BCUT2D eigenvalue weighted by molar-refractivity contribution is 5.96. The van der Waals surface area contributed by atoms with E-state index in [0.29, 0.717) is 0 Å². The summed E-state index contributed by atoms with van der Waals surface area (Å²) in [5.41, 5.74) is -0.996. The van der Waals surface area contributed by atoms with Gasteiger partial charge in [-0.1, -0.05) is 0 Å². The normalized spacial score (nSPS) is 10.4. The third kappa shape index (κ3) is 3.00. The number of benzene rings is 1. The first-order valence-electron chi connectivity index (χ1n) is 5.71. The number of aliphatic carboxylic acids is 1. The molecule has 0 spiro atoms. The minimum Gasteiger partial charge on any atom is -0.481 e. The van der Waals surface area contributed by atoms with Crippen molar-refractivity contribution in [3.05, 3.63) is 46.1 Å². The Kier molecular flexibility index (Phi) is 3.79. The van der Waals surface area contributed by atoms with Crippen molar-refractivity contribution in [2.75, 3.05) is 6.54 Å². The Morgan fingerprint density at radius 2 is 2.05 bits per heavy atom. The molecule has 1 aromatic heterocycles. The van der Waals surface area contributed by atoms with Gasteiger partial charge in [-0.15, -0.1) is 0 Å². The molecule has 0 radical (unpaired) electrons. The van der Waals surface area contributed by atoms with Crippen molar-refractivity contribution in [2.45, 2.75) is 6.42 Å². The lowest BCUT2D eigenvalue weighted by Crippen LogP contribution is -2.30. The first kappa shape index (κ1) is 13.7. The van der Waals surface area contributed by atoms with Gasteiger partial charge in [0.05, 0.1) is 6.42 Å². The molecule has 0 atom stereocenters. The summed E-state index contributed by atoms with van der Waals surface area (Å²) in [4.78, 5) is 33.7. The summed E-state index contributed by atoms with van der Waals surface area (Å²) in [6.45, 7) is -0.116. The van der Waals surface area contributed by atoms with E-state index < -0.39 is 23.3 Å². The van der Waals surface area contributed by atoms with Crippen LogP contribution in [0.3, 0.4) is 0 Å². The lowest BCUT2D eigenvalue weighted by Gasteiger charge is -2.03. The topological polar surface area (TPSA) is 96.6 Å². The lowest BCUT2D eigenvalue weighted by atomic mass is 10.1. The fraction of sp³-hybridized carbons (Fsp3) is 0.154. The average Bonchev–Trinajstić information content (AvgIpc) is 2.38. The molecule has 2 rings (SSSR count). The second-order valence-corrected chi connectivity index (χ2v) is 4.03. The van der Waals surface area contributed by atoms with Crippen LogP contribution in [0, 0.1) is 5.82 Å². The molecule has 1 amide bonds. The molecule has 7 heteroatoms. The molecular weight excluding hydrogens is 269 g/mol. The summed E-state index contributed by atoms with van der Waals surface area (Å²) in [5.74, 6) is -2.35. The van der Waals surface area contributed by atoms with Gasteiger partial charge in [-0.3, -0.25) is 9.59 Å². The van der Waals surface area contributed by atoms with Crippen LogP contribution < -0.4 is 10.9 Å². The maximum absolute atomic E-state index is 13.1. The Balaban J connectivity index is 2.29. The number of rotatable bonds is 4. The number of hydrogen-bond acceptors (Lipinski definition) is 4. The van der Waals surface area contributed by atoms with E-state index >= 15 is 0 Å². The summed E-state index contributed by atoms with van der Waals surface area (Å²) in [6.07, 6.45) is -0.265. The monoisotopic (exact) mass is 279 g/mol. The van der Waals surface area contributed by atoms with Crippen molar-refractivity contribution in [3.63, 3.8) is 0 Å². The van der Waals surface area contributed by atoms with Crippen LogP contribution in [0.4, 0.5) is 4.39 Å². The number of nitrogens with one attached hydrogen (secondary N) is 1. The molecular formula is C13H10FNO5. The maximum atomic E-state index is 13.1. The van der Waals surface area contributed by atoms with Crippen molar-refractivity contribution >= 4 is 22.8 Å². The minimum absolute atomic E-state index is 0.116. The quantitative estimate of drug-likeness (QED) is 0.818. The highest BCUT2D eigenvalue weighted by Gasteiger charge is 2.14. The van der Waals surface area contributed by atoms with Gasteiger partial charge in [-0.2, -0.15) is 0 Å². The molecule has 2 aromatic rings. The third-order valence-corrected chi connectivity index (χ3v) is 2.56. The fourth-order valence-electron chi connectivity index (χ4n) is 1.63. The molecule has 0 unspecified atom stereocenters. The molecule has 0 saturated carbocycles. The van der Waals surface area contributed by atoms with Gasteiger partial charge >= 0.3 is 11.6 Å². The molecule has 20 heavy (non-hydrogen) atoms. The average molecular weight is 279 g/mol. The van der Waals surface area contributed by atoms with Crippen LogP contribution in [-0.4, -0.2) is 23.5 Å². The number of halogens is 1. The Bertz CT molecular complexity index is 737. The number of carbonyl (C=O) groups excluding carboxylic acids is 1. The van der Waals surface area contributed by atoms with Crippen LogP contribution in [0.5, 0.6) is 0 Å². The molecule has 104 valence electrons. The Morgan fingerprint density at radius 1 is 1.30 bits per heavy atom. The van der Waals surface area contributed by atoms with Gasteiger partial charge < -0.3 is 14.8 Å². The summed E-state index contributed by atoms with van der Waals surface area (Å²) < 4.78 is 18.0. The van der Waals surface area contributed by atoms with Gasteiger partial charge in [-0.05, 0) is 24.3 Å². The van der Waals surface area contributed by atoms with E-state index in [1.807, 2.05) is 0 Å². The van der Waals surface area contributed by atoms with E-state index in [4.69, 9.17) is 9.52 Å². The van der Waals surface area contributed by atoms with Crippen molar-refractivity contribution in [2.24, 2.45) is 0 Å². The summed E-state index contributed by atoms with van der Waals surface area (Å²) >= 11 is 0. The van der Waals surface area contributed by atoms with Gasteiger partial charge in [0.1, 0.15) is 17.0 Å². The highest BCUT2D eigenvalue weighted by Crippen LogP contribution is 2.14. The maximum Gasteiger partial charge on any atom is 0.349 e. The van der Waals surface area contributed by atoms with Crippen molar-refractivity contribution in [1.29, 1.82) is 0 Å². The summed E-state index contributed by atoms with van der Waals surface area (Å²) in [7, 11) is 0. The molecule has 1 heterocycles. The Labute approximate surface area is 111 Å². The molecule has 0 bridgehead atoms. The first-order valence-corrected chi connectivity index (χ1v) is 5.71. The van der Waals surface area contributed by atoms with E-state index in [1.165, 1.54) is 12.1 Å². The van der Waals surface area contributed by atoms with E-state index in [-0.39, 0.29) is 29.5 Å². The second kappa shape index (κ2) is 5.52. The molecule has 6 nitrogen and oxygen atoms in total. The number of amides is 1. The zero-order valence-corrected chi connectivity index (χ0v) is 10.2. The van der Waals surface area contributed by atoms with Crippen LogP contribution in [0.1, 0.15) is 16.8 Å². The molecule has 0 saturated heterocycles. The Morgan fingerprint density at radius 3 is 2.75 bits per heavy atom. The van der Waals surface area contributed by atoms with Gasteiger partial charge in [0.2, 0.25) is 0 Å². The van der Waals surface area contributed by atoms with E-state index in [9.17, 15) is 18.8 Å². The van der Waals surface area contributed by atoms with E-state index in [0.717, 1.165) is 12.1 Å². The molecule has 0 fully saturated rings. The van der Waals surface area contributed by atoms with Crippen molar-refractivity contribution < 1.29 is 23.5 Å². The van der Waals surface area contributed by atoms with Crippen molar-refractivity contribution in [3.8, 4) is 0 Å². The largest absolute Gasteiger partial charge is 0.481 e. The number of fused-ring (bicyclic) bond motifs is 1. The lowest BCUT2D eigenvalue weighted by molar-refractivity contribution is -0.136. The second-order valence-electron chi connectivity index (χ2n) is 4.03. The third-order valence-electron chi connectivity index (χ3n) is 2.56. The number of hydrogen-bond donors (Lipinski definition) is 2. The number of carboxylic acids is 1. The molecule has 0 aliphatic carbocycles. The molecule has 1 aromatic carbocycles. The molecule has 0 aliphatic heterocycles. The zero-order valence-electron chi connectivity index (χ0n) is 10.2. The molecule has 0 aliphatic rings. The minimum atomic E-state index is -1.07. The van der Waals surface area contributed by atoms with Crippen LogP contribution in [-0.2, 0) is 4.79 Å².